The van der Waals surface area contributed by atoms with Crippen LogP contribution in [-0.2, 0) is 17.9 Å². The van der Waals surface area contributed by atoms with E-state index in [-0.39, 0.29) is 5.91 Å². The molecule has 0 aliphatic heterocycles. The number of nitrogens with zero attached hydrogens (tertiary/aromatic N) is 1. The Balaban J connectivity index is 1.47. The molecule has 0 aliphatic rings. The van der Waals surface area contributed by atoms with E-state index in [0.717, 1.165) is 17.2 Å². The van der Waals surface area contributed by atoms with Crippen LogP contribution in [0.4, 0.5) is 0 Å². The average molecular weight is 391 g/mol. The van der Waals surface area contributed by atoms with Gasteiger partial charge < -0.3 is 14.3 Å². The highest BCUT2D eigenvalue weighted by Crippen LogP contribution is 2.30. The lowest BCUT2D eigenvalue weighted by Gasteiger charge is -2.06. The number of furan rings is 1. The summed E-state index contributed by atoms with van der Waals surface area (Å²) in [5, 5.41) is 4.08. The summed E-state index contributed by atoms with van der Waals surface area (Å²) in [5.41, 5.74) is 3.72. The topological polar surface area (TPSA) is 47.2 Å². The average Bonchev–Trinajstić information content (AvgIpc) is 3.33. The lowest BCUT2D eigenvalue weighted by molar-refractivity contribution is -0.118. The van der Waals surface area contributed by atoms with E-state index in [9.17, 15) is 4.79 Å². The zero-order chi connectivity index (χ0) is 19.3. The molecule has 5 heteroatoms. The Kier molecular flexibility index (Phi) is 5.53. The van der Waals surface area contributed by atoms with Crippen LogP contribution in [0.3, 0.4) is 0 Å². The minimum atomic E-state index is -0.00286. The fourth-order valence-corrected chi connectivity index (χ4v) is 4.18. The summed E-state index contributed by atoms with van der Waals surface area (Å²) >= 11 is 1.57. The molecule has 142 valence electrons. The monoisotopic (exact) mass is 390 g/mol. The number of carbonyl (C=O) groups excluding carboxylic acids is 1. The van der Waals surface area contributed by atoms with Gasteiger partial charge in [-0.25, -0.2) is 0 Å². The van der Waals surface area contributed by atoms with Gasteiger partial charge in [0, 0.05) is 28.5 Å². The van der Waals surface area contributed by atoms with Crippen molar-refractivity contribution in [3.8, 4) is 0 Å². The van der Waals surface area contributed by atoms with Gasteiger partial charge in [-0.2, -0.15) is 0 Å². The molecule has 0 saturated carbocycles. The number of aryl methyl sites for hydroxylation is 1. The molecule has 1 N–H and O–H groups in total. The number of hydrogen-bond donors (Lipinski definition) is 1. The van der Waals surface area contributed by atoms with Crippen LogP contribution >= 0.6 is 11.8 Å². The Morgan fingerprint density at radius 2 is 2.00 bits per heavy atom. The van der Waals surface area contributed by atoms with E-state index in [0.29, 0.717) is 12.3 Å². The lowest BCUT2D eigenvalue weighted by Crippen LogP contribution is -2.24. The molecule has 28 heavy (non-hydrogen) atoms. The number of amides is 1. The Morgan fingerprint density at radius 3 is 2.82 bits per heavy atom. The number of thioether (sulfide) groups is 1. The van der Waals surface area contributed by atoms with Gasteiger partial charge in [-0.05, 0) is 30.7 Å². The smallest absolute Gasteiger partial charge is 0.230 e. The van der Waals surface area contributed by atoms with E-state index in [4.69, 9.17) is 4.42 Å². The van der Waals surface area contributed by atoms with Crippen LogP contribution in [0.15, 0.2) is 82.4 Å². The van der Waals surface area contributed by atoms with Crippen molar-refractivity contribution in [2.75, 3.05) is 5.75 Å². The number of benzene rings is 2. The molecule has 0 fully saturated rings. The molecular weight excluding hydrogens is 368 g/mol. The molecular formula is C23H22N2O2S. The van der Waals surface area contributed by atoms with Crippen molar-refractivity contribution in [2.24, 2.45) is 0 Å². The maximum absolute atomic E-state index is 12.2. The van der Waals surface area contributed by atoms with Gasteiger partial charge in [0.2, 0.25) is 5.91 Å². The molecule has 4 nitrogen and oxygen atoms in total. The zero-order valence-corrected chi connectivity index (χ0v) is 16.5. The predicted molar refractivity (Wildman–Crippen MR) is 113 cm³/mol. The first kappa shape index (κ1) is 18.4. The third kappa shape index (κ3) is 4.31. The van der Waals surface area contributed by atoms with Crippen molar-refractivity contribution < 1.29 is 9.21 Å². The van der Waals surface area contributed by atoms with Crippen molar-refractivity contribution in [3.63, 3.8) is 0 Å². The molecule has 2 aromatic carbocycles. The van der Waals surface area contributed by atoms with Gasteiger partial charge in [0.25, 0.3) is 0 Å². The van der Waals surface area contributed by atoms with E-state index in [1.807, 2.05) is 18.2 Å². The molecule has 2 aromatic heterocycles. The van der Waals surface area contributed by atoms with Crippen molar-refractivity contribution in [1.29, 1.82) is 0 Å². The fraction of sp³-hybridized carbons (Fsp3) is 0.174. The van der Waals surface area contributed by atoms with Gasteiger partial charge in [-0.15, -0.1) is 11.8 Å². The Morgan fingerprint density at radius 1 is 1.11 bits per heavy atom. The number of para-hydroxylation sites is 1. The lowest BCUT2D eigenvalue weighted by atomic mass is 10.1. The first-order valence-corrected chi connectivity index (χ1v) is 10.2. The van der Waals surface area contributed by atoms with Crippen LogP contribution in [0, 0.1) is 6.92 Å². The first-order chi connectivity index (χ1) is 13.7. The zero-order valence-electron chi connectivity index (χ0n) is 15.7. The molecule has 0 saturated heterocycles. The molecule has 0 spiro atoms. The van der Waals surface area contributed by atoms with E-state index < -0.39 is 0 Å². The number of nitrogens with one attached hydrogen (secondary N) is 1. The minimum absolute atomic E-state index is 0.00286. The summed E-state index contributed by atoms with van der Waals surface area (Å²) in [6.07, 6.45) is 3.76. The summed E-state index contributed by atoms with van der Waals surface area (Å²) in [4.78, 5) is 13.3. The maximum Gasteiger partial charge on any atom is 0.230 e. The molecule has 0 aliphatic carbocycles. The van der Waals surface area contributed by atoms with Crippen molar-refractivity contribution >= 4 is 28.6 Å². The van der Waals surface area contributed by atoms with Crippen LogP contribution in [0.5, 0.6) is 0 Å². The van der Waals surface area contributed by atoms with Crippen LogP contribution in [0.2, 0.25) is 0 Å². The van der Waals surface area contributed by atoms with Gasteiger partial charge in [0.05, 0.1) is 18.6 Å². The molecule has 0 unspecified atom stereocenters. The minimum Gasteiger partial charge on any atom is -0.467 e. The number of aromatic nitrogens is 1. The van der Waals surface area contributed by atoms with E-state index in [1.54, 1.807) is 18.0 Å². The van der Waals surface area contributed by atoms with E-state index in [2.05, 4.69) is 65.5 Å². The highest BCUT2D eigenvalue weighted by atomic mass is 32.2. The summed E-state index contributed by atoms with van der Waals surface area (Å²) in [7, 11) is 0. The van der Waals surface area contributed by atoms with Crippen molar-refractivity contribution in [3.05, 3.63) is 90.0 Å². The second kappa shape index (κ2) is 8.40. The van der Waals surface area contributed by atoms with Crippen LogP contribution in [0.1, 0.15) is 16.9 Å². The van der Waals surface area contributed by atoms with Gasteiger partial charge >= 0.3 is 0 Å². The molecule has 0 radical (unpaired) electrons. The second-order valence-electron chi connectivity index (χ2n) is 6.77. The molecule has 1 amide bonds. The Bertz CT molecular complexity index is 1080. The number of hydrogen-bond acceptors (Lipinski definition) is 3. The quantitative estimate of drug-likeness (QED) is 0.452. The fourth-order valence-electron chi connectivity index (χ4n) is 3.26. The summed E-state index contributed by atoms with van der Waals surface area (Å²) in [5.74, 6) is 1.13. The van der Waals surface area contributed by atoms with Gasteiger partial charge in [0.1, 0.15) is 5.76 Å². The van der Waals surface area contributed by atoms with Gasteiger partial charge in [0.15, 0.2) is 0 Å². The predicted octanol–water partition coefficient (Wildman–Crippen LogP) is 5.00. The summed E-state index contributed by atoms with van der Waals surface area (Å²) < 4.78 is 7.50. The molecule has 0 atom stereocenters. The SMILES string of the molecule is Cc1cccc(Cn2cc(SCC(=O)NCc3ccco3)c3ccccc32)c1. The third-order valence-electron chi connectivity index (χ3n) is 4.59. The Hall–Kier alpha value is -2.92. The maximum atomic E-state index is 12.2. The van der Waals surface area contributed by atoms with Crippen LogP contribution in [-0.4, -0.2) is 16.2 Å². The van der Waals surface area contributed by atoms with Crippen molar-refractivity contribution in [2.45, 2.75) is 24.9 Å². The summed E-state index contributed by atoms with van der Waals surface area (Å²) in [6.45, 7) is 3.34. The highest BCUT2D eigenvalue weighted by Gasteiger charge is 2.11. The van der Waals surface area contributed by atoms with Gasteiger partial charge in [-0.1, -0.05) is 48.0 Å². The molecule has 2 heterocycles. The molecule has 4 rings (SSSR count). The van der Waals surface area contributed by atoms with Crippen LogP contribution in [0.25, 0.3) is 10.9 Å². The first-order valence-electron chi connectivity index (χ1n) is 9.24. The standard InChI is InChI=1S/C23H22N2O2S/c1-17-6-4-7-18(12-17)14-25-15-22(20-9-2-3-10-21(20)25)28-16-23(26)24-13-19-8-5-11-27-19/h2-12,15H,13-14,16H2,1H3,(H,24,26). The second-order valence-corrected chi connectivity index (χ2v) is 7.79. The normalized spacial score (nSPS) is 11.0. The molecule has 4 aromatic rings. The van der Waals surface area contributed by atoms with Gasteiger partial charge in [-0.3, -0.25) is 4.79 Å². The van der Waals surface area contributed by atoms with Crippen molar-refractivity contribution in [1.82, 2.24) is 9.88 Å². The number of carbonyl (C=O) groups is 1. The number of fused-ring (bicyclic) bond motifs is 1. The summed E-state index contributed by atoms with van der Waals surface area (Å²) in [6, 6.07) is 20.6. The van der Waals surface area contributed by atoms with E-state index in [1.165, 1.54) is 22.0 Å². The highest BCUT2D eigenvalue weighted by molar-refractivity contribution is 8.00. The number of rotatable bonds is 7. The Labute approximate surface area is 168 Å². The van der Waals surface area contributed by atoms with E-state index >= 15 is 0 Å². The molecule has 0 bridgehead atoms. The largest absolute Gasteiger partial charge is 0.467 e. The third-order valence-corrected chi connectivity index (χ3v) is 5.63. The van der Waals surface area contributed by atoms with Crippen LogP contribution < -0.4 is 5.32 Å².